The monoisotopic (exact) mass is 325 g/mol. The van der Waals surface area contributed by atoms with E-state index >= 15 is 0 Å². The maximum atomic E-state index is 6.31. The molecule has 5 heteroatoms. The standard InChI is InChI=1S/C16H21Cl2N3/c1-4-12-10-15(21(5-2)20-12)14(19-3)9-11-7-6-8-13(17)16(11)18/h6-8,10,14,19H,4-5,9H2,1-3H3. The minimum Gasteiger partial charge on any atom is -0.311 e. The summed E-state index contributed by atoms with van der Waals surface area (Å²) in [4.78, 5) is 0. The molecule has 0 amide bonds. The normalized spacial score (nSPS) is 12.6. The van der Waals surface area contributed by atoms with E-state index in [0.717, 1.165) is 30.6 Å². The van der Waals surface area contributed by atoms with Gasteiger partial charge in [0.25, 0.3) is 0 Å². The Bertz CT molecular complexity index is 608. The van der Waals surface area contributed by atoms with Gasteiger partial charge >= 0.3 is 0 Å². The van der Waals surface area contributed by atoms with Crippen molar-refractivity contribution in [3.63, 3.8) is 0 Å². The first-order valence-electron chi connectivity index (χ1n) is 7.27. The van der Waals surface area contributed by atoms with E-state index in [-0.39, 0.29) is 6.04 Å². The molecule has 0 saturated carbocycles. The number of nitrogens with zero attached hydrogens (tertiary/aromatic N) is 2. The van der Waals surface area contributed by atoms with Crippen LogP contribution in [0.3, 0.4) is 0 Å². The van der Waals surface area contributed by atoms with Gasteiger partial charge in [-0.25, -0.2) is 0 Å². The molecule has 0 fully saturated rings. The van der Waals surface area contributed by atoms with Gasteiger partial charge in [0.2, 0.25) is 0 Å². The predicted octanol–water partition coefficient (Wildman–Crippen LogP) is 4.28. The van der Waals surface area contributed by atoms with Gasteiger partial charge in [-0.15, -0.1) is 0 Å². The molecule has 1 aromatic carbocycles. The highest BCUT2D eigenvalue weighted by Gasteiger charge is 2.18. The number of aromatic nitrogens is 2. The van der Waals surface area contributed by atoms with E-state index in [2.05, 4.69) is 35.0 Å². The maximum Gasteiger partial charge on any atom is 0.0625 e. The third-order valence-electron chi connectivity index (χ3n) is 3.68. The van der Waals surface area contributed by atoms with Crippen LogP contribution in [0.4, 0.5) is 0 Å². The Hall–Kier alpha value is -1.03. The molecule has 2 aromatic rings. The molecule has 1 aromatic heterocycles. The molecule has 1 unspecified atom stereocenters. The molecule has 1 N–H and O–H groups in total. The summed E-state index contributed by atoms with van der Waals surface area (Å²) in [6.07, 6.45) is 1.72. The molecule has 0 aliphatic heterocycles. The van der Waals surface area contributed by atoms with E-state index in [1.165, 1.54) is 5.69 Å². The summed E-state index contributed by atoms with van der Waals surface area (Å²) in [6.45, 7) is 5.08. The molecule has 114 valence electrons. The quantitative estimate of drug-likeness (QED) is 0.859. The first-order valence-corrected chi connectivity index (χ1v) is 8.03. The fourth-order valence-corrected chi connectivity index (χ4v) is 2.87. The van der Waals surface area contributed by atoms with Crippen molar-refractivity contribution in [1.82, 2.24) is 15.1 Å². The fraction of sp³-hybridized carbons (Fsp3) is 0.438. The van der Waals surface area contributed by atoms with Crippen LogP contribution in [-0.2, 0) is 19.4 Å². The number of nitrogens with one attached hydrogen (secondary N) is 1. The number of benzene rings is 1. The zero-order valence-corrected chi connectivity index (χ0v) is 14.2. The lowest BCUT2D eigenvalue weighted by Crippen LogP contribution is -2.22. The summed E-state index contributed by atoms with van der Waals surface area (Å²) < 4.78 is 2.05. The molecule has 0 aliphatic carbocycles. The molecular formula is C16H21Cl2N3. The van der Waals surface area contributed by atoms with Gasteiger partial charge in [-0.1, -0.05) is 42.3 Å². The predicted molar refractivity (Wildman–Crippen MR) is 89.2 cm³/mol. The van der Waals surface area contributed by atoms with E-state index in [0.29, 0.717) is 10.0 Å². The summed E-state index contributed by atoms with van der Waals surface area (Å²) in [7, 11) is 1.96. The summed E-state index contributed by atoms with van der Waals surface area (Å²) in [5, 5.41) is 9.21. The van der Waals surface area contributed by atoms with Gasteiger partial charge in [-0.05, 0) is 44.5 Å². The van der Waals surface area contributed by atoms with Crippen molar-refractivity contribution in [1.29, 1.82) is 0 Å². The molecule has 0 radical (unpaired) electrons. The first kappa shape index (κ1) is 16.3. The highest BCUT2D eigenvalue weighted by atomic mass is 35.5. The third kappa shape index (κ3) is 3.60. The minimum absolute atomic E-state index is 0.161. The van der Waals surface area contributed by atoms with Crippen molar-refractivity contribution < 1.29 is 0 Å². The molecule has 0 spiro atoms. The second-order valence-corrected chi connectivity index (χ2v) is 5.77. The van der Waals surface area contributed by atoms with Crippen LogP contribution in [0.5, 0.6) is 0 Å². The second-order valence-electron chi connectivity index (χ2n) is 4.99. The highest BCUT2D eigenvalue weighted by Crippen LogP contribution is 2.29. The number of hydrogen-bond acceptors (Lipinski definition) is 2. The maximum absolute atomic E-state index is 6.31. The molecule has 1 atom stereocenters. The molecular weight excluding hydrogens is 305 g/mol. The van der Waals surface area contributed by atoms with E-state index in [1.54, 1.807) is 0 Å². The van der Waals surface area contributed by atoms with Crippen molar-refractivity contribution in [3.05, 3.63) is 51.3 Å². The number of rotatable bonds is 6. The van der Waals surface area contributed by atoms with Crippen molar-refractivity contribution in [2.45, 2.75) is 39.3 Å². The number of likely N-dealkylation sites (N-methyl/N-ethyl adjacent to an activating group) is 1. The van der Waals surface area contributed by atoms with Crippen LogP contribution in [0.15, 0.2) is 24.3 Å². The van der Waals surface area contributed by atoms with Crippen molar-refractivity contribution in [3.8, 4) is 0 Å². The van der Waals surface area contributed by atoms with Gasteiger partial charge in [0.15, 0.2) is 0 Å². The summed E-state index contributed by atoms with van der Waals surface area (Å²) in [6, 6.07) is 8.10. The average Bonchev–Trinajstić information content (AvgIpc) is 2.92. The average molecular weight is 326 g/mol. The van der Waals surface area contributed by atoms with Gasteiger partial charge in [0.05, 0.1) is 27.5 Å². The molecule has 0 aliphatic rings. The molecule has 3 nitrogen and oxygen atoms in total. The van der Waals surface area contributed by atoms with E-state index in [9.17, 15) is 0 Å². The van der Waals surface area contributed by atoms with Crippen LogP contribution in [-0.4, -0.2) is 16.8 Å². The largest absolute Gasteiger partial charge is 0.311 e. The molecule has 1 heterocycles. The SMILES string of the molecule is CCc1cc(C(Cc2cccc(Cl)c2Cl)NC)n(CC)n1. The number of aryl methyl sites for hydroxylation is 2. The smallest absolute Gasteiger partial charge is 0.0625 e. The molecule has 21 heavy (non-hydrogen) atoms. The highest BCUT2D eigenvalue weighted by molar-refractivity contribution is 6.42. The minimum atomic E-state index is 0.161. The van der Waals surface area contributed by atoms with E-state index in [4.69, 9.17) is 23.2 Å². The summed E-state index contributed by atoms with van der Waals surface area (Å²) in [5.74, 6) is 0. The van der Waals surface area contributed by atoms with Gasteiger partial charge in [0, 0.05) is 6.54 Å². The molecule has 0 saturated heterocycles. The van der Waals surface area contributed by atoms with Gasteiger partial charge in [-0.3, -0.25) is 4.68 Å². The number of halogens is 2. The second kappa shape index (κ2) is 7.30. The third-order valence-corrected chi connectivity index (χ3v) is 4.54. The van der Waals surface area contributed by atoms with Crippen molar-refractivity contribution in [2.24, 2.45) is 0 Å². The zero-order valence-electron chi connectivity index (χ0n) is 12.7. The van der Waals surface area contributed by atoms with Crippen molar-refractivity contribution >= 4 is 23.2 Å². The van der Waals surface area contributed by atoms with Crippen LogP contribution in [0, 0.1) is 0 Å². The summed E-state index contributed by atoms with van der Waals surface area (Å²) >= 11 is 12.4. The van der Waals surface area contributed by atoms with Crippen LogP contribution in [0.25, 0.3) is 0 Å². The Labute approximate surface area is 136 Å². The topological polar surface area (TPSA) is 29.9 Å². The lowest BCUT2D eigenvalue weighted by Gasteiger charge is -2.18. The van der Waals surface area contributed by atoms with Crippen molar-refractivity contribution in [2.75, 3.05) is 7.05 Å². The molecule has 2 rings (SSSR count). The zero-order chi connectivity index (χ0) is 15.4. The first-order chi connectivity index (χ1) is 10.1. The summed E-state index contributed by atoms with van der Waals surface area (Å²) in [5.41, 5.74) is 3.35. The van der Waals surface area contributed by atoms with Crippen LogP contribution < -0.4 is 5.32 Å². The Kier molecular flexibility index (Phi) is 5.68. The Morgan fingerprint density at radius 2 is 2.05 bits per heavy atom. The lowest BCUT2D eigenvalue weighted by molar-refractivity contribution is 0.512. The van der Waals surface area contributed by atoms with Gasteiger partial charge < -0.3 is 5.32 Å². The van der Waals surface area contributed by atoms with Crippen LogP contribution in [0.1, 0.15) is 36.8 Å². The molecule has 0 bridgehead atoms. The lowest BCUT2D eigenvalue weighted by atomic mass is 10.0. The number of hydrogen-bond donors (Lipinski definition) is 1. The Morgan fingerprint density at radius 3 is 2.67 bits per heavy atom. The van der Waals surface area contributed by atoms with E-state index in [1.807, 2.05) is 25.2 Å². The van der Waals surface area contributed by atoms with Crippen LogP contribution >= 0.6 is 23.2 Å². The van der Waals surface area contributed by atoms with Crippen LogP contribution in [0.2, 0.25) is 10.0 Å². The Balaban J connectivity index is 2.31. The van der Waals surface area contributed by atoms with Gasteiger partial charge in [0.1, 0.15) is 0 Å². The van der Waals surface area contributed by atoms with Gasteiger partial charge in [-0.2, -0.15) is 5.10 Å². The van der Waals surface area contributed by atoms with E-state index < -0.39 is 0 Å². The fourth-order valence-electron chi connectivity index (χ4n) is 2.47. The Morgan fingerprint density at radius 1 is 1.29 bits per heavy atom.